The molecule has 0 atom stereocenters. The topological polar surface area (TPSA) is 58.6 Å². The molecular weight excluding hydrogens is 419 g/mol. The van der Waals surface area contributed by atoms with Crippen LogP contribution in [0, 0.1) is 12.7 Å². The van der Waals surface area contributed by atoms with Gasteiger partial charge >= 0.3 is 0 Å². The van der Waals surface area contributed by atoms with Crippen molar-refractivity contribution in [3.05, 3.63) is 70.1 Å². The summed E-state index contributed by atoms with van der Waals surface area (Å²) in [5.41, 5.74) is 2.39. The summed E-state index contributed by atoms with van der Waals surface area (Å²) in [5.74, 6) is -1.23. The highest BCUT2D eigenvalue weighted by atomic mass is 35.5. The fraction of sp³-hybridized carbons (Fsp3) is 0.333. The van der Waals surface area contributed by atoms with E-state index < -0.39 is 17.6 Å². The number of carbonyl (C=O) groups is 2. The van der Waals surface area contributed by atoms with Gasteiger partial charge in [0.2, 0.25) is 0 Å². The van der Waals surface area contributed by atoms with E-state index in [1.54, 1.807) is 18.2 Å². The number of nitrogens with zero attached hydrogens (tertiary/aromatic N) is 1. The lowest BCUT2D eigenvalue weighted by atomic mass is 10.0. The minimum atomic E-state index is -0.412. The molecule has 0 saturated heterocycles. The summed E-state index contributed by atoms with van der Waals surface area (Å²) in [4.78, 5) is 27.5. The summed E-state index contributed by atoms with van der Waals surface area (Å²) < 4.78 is 19.0. The van der Waals surface area contributed by atoms with E-state index in [0.717, 1.165) is 18.4 Å². The standard InChI is InChI=1S/C24H26ClFN2O3/c1-3-4-13-31-14-5-12-28-23(29)21(17-6-9-19(26)10-7-17)22(24(28)30)27-20-11-8-18(25)15-16(20)2/h6-11,15,27H,3-5,12-14H2,1-2H3. The number of anilines is 1. The van der Waals surface area contributed by atoms with Crippen LogP contribution in [0.4, 0.5) is 10.1 Å². The second-order valence-corrected chi connectivity index (χ2v) is 7.86. The minimum absolute atomic E-state index is 0.175. The van der Waals surface area contributed by atoms with Crippen molar-refractivity contribution in [1.82, 2.24) is 4.90 Å². The van der Waals surface area contributed by atoms with Crippen molar-refractivity contribution in [2.24, 2.45) is 0 Å². The monoisotopic (exact) mass is 444 g/mol. The number of hydrogen-bond donors (Lipinski definition) is 1. The number of amides is 2. The zero-order valence-electron chi connectivity index (χ0n) is 17.7. The maximum Gasteiger partial charge on any atom is 0.278 e. The predicted molar refractivity (Wildman–Crippen MR) is 120 cm³/mol. The van der Waals surface area contributed by atoms with E-state index in [9.17, 15) is 14.0 Å². The van der Waals surface area contributed by atoms with Gasteiger partial charge in [0.05, 0.1) is 5.57 Å². The van der Waals surface area contributed by atoms with E-state index in [-0.39, 0.29) is 17.8 Å². The van der Waals surface area contributed by atoms with Crippen molar-refractivity contribution in [2.75, 3.05) is 25.1 Å². The zero-order chi connectivity index (χ0) is 22.4. The summed E-state index contributed by atoms with van der Waals surface area (Å²) in [5, 5.41) is 3.69. The van der Waals surface area contributed by atoms with Crippen LogP contribution < -0.4 is 5.32 Å². The second-order valence-electron chi connectivity index (χ2n) is 7.42. The Morgan fingerprint density at radius 3 is 2.42 bits per heavy atom. The average molecular weight is 445 g/mol. The van der Waals surface area contributed by atoms with Crippen LogP contribution in [0.1, 0.15) is 37.3 Å². The van der Waals surface area contributed by atoms with Crippen LogP contribution in [-0.4, -0.2) is 36.5 Å². The number of imide groups is 1. The lowest BCUT2D eigenvalue weighted by molar-refractivity contribution is -0.137. The van der Waals surface area contributed by atoms with Crippen molar-refractivity contribution >= 4 is 34.7 Å². The van der Waals surface area contributed by atoms with Crippen LogP contribution >= 0.6 is 11.6 Å². The van der Waals surface area contributed by atoms with Crippen LogP contribution in [0.15, 0.2) is 48.2 Å². The molecule has 2 aromatic carbocycles. The van der Waals surface area contributed by atoms with Gasteiger partial charge in [-0.25, -0.2) is 4.39 Å². The van der Waals surface area contributed by atoms with Crippen molar-refractivity contribution in [2.45, 2.75) is 33.1 Å². The molecule has 3 rings (SSSR count). The molecular formula is C24H26ClFN2O3. The van der Waals surface area contributed by atoms with Crippen molar-refractivity contribution in [3.8, 4) is 0 Å². The number of rotatable bonds is 10. The Kier molecular flexibility index (Phi) is 7.82. The number of hydrogen-bond acceptors (Lipinski definition) is 4. The first kappa shape index (κ1) is 23.0. The van der Waals surface area contributed by atoms with Crippen LogP contribution in [0.3, 0.4) is 0 Å². The van der Waals surface area contributed by atoms with Gasteiger partial charge < -0.3 is 10.1 Å². The fourth-order valence-corrected chi connectivity index (χ4v) is 3.58. The molecule has 0 fully saturated rings. The molecule has 0 radical (unpaired) electrons. The number of benzene rings is 2. The van der Waals surface area contributed by atoms with Gasteiger partial charge in [0.25, 0.3) is 11.8 Å². The highest BCUT2D eigenvalue weighted by Gasteiger charge is 2.39. The SMILES string of the molecule is CCCCOCCCN1C(=O)C(Nc2ccc(Cl)cc2C)=C(c2ccc(F)cc2)C1=O. The Labute approximate surface area is 186 Å². The molecule has 7 heteroatoms. The highest BCUT2D eigenvalue weighted by Crippen LogP contribution is 2.32. The molecule has 0 bridgehead atoms. The smallest absolute Gasteiger partial charge is 0.278 e. The molecule has 0 spiro atoms. The molecule has 0 aliphatic carbocycles. The average Bonchev–Trinajstić information content (AvgIpc) is 2.97. The Bertz CT molecular complexity index is 989. The first-order valence-electron chi connectivity index (χ1n) is 10.4. The Morgan fingerprint density at radius 2 is 1.74 bits per heavy atom. The van der Waals surface area contributed by atoms with Crippen LogP contribution in [0.2, 0.25) is 5.02 Å². The Hall–Kier alpha value is -2.70. The van der Waals surface area contributed by atoms with Crippen molar-refractivity contribution < 1.29 is 18.7 Å². The van der Waals surface area contributed by atoms with E-state index in [0.29, 0.717) is 35.9 Å². The molecule has 31 heavy (non-hydrogen) atoms. The molecule has 2 amide bonds. The quantitative estimate of drug-likeness (QED) is 0.405. The lowest BCUT2D eigenvalue weighted by Crippen LogP contribution is -2.34. The molecule has 1 N–H and O–H groups in total. The van der Waals surface area contributed by atoms with Crippen LogP contribution in [0.5, 0.6) is 0 Å². The molecule has 5 nitrogen and oxygen atoms in total. The molecule has 0 unspecified atom stereocenters. The molecule has 1 aliphatic heterocycles. The molecule has 2 aromatic rings. The van der Waals surface area contributed by atoms with E-state index in [1.807, 2.05) is 6.92 Å². The Balaban J connectivity index is 1.85. The van der Waals surface area contributed by atoms with E-state index >= 15 is 0 Å². The lowest BCUT2D eigenvalue weighted by Gasteiger charge is -2.15. The number of ether oxygens (including phenoxy) is 1. The van der Waals surface area contributed by atoms with E-state index in [4.69, 9.17) is 16.3 Å². The highest BCUT2D eigenvalue weighted by molar-refractivity contribution is 6.36. The van der Waals surface area contributed by atoms with E-state index in [2.05, 4.69) is 12.2 Å². The number of carbonyl (C=O) groups excluding carboxylic acids is 2. The van der Waals surface area contributed by atoms with Gasteiger partial charge in [0.15, 0.2) is 0 Å². The summed E-state index contributed by atoms with van der Waals surface area (Å²) in [6.45, 7) is 5.34. The van der Waals surface area contributed by atoms with Crippen LogP contribution in [-0.2, 0) is 14.3 Å². The van der Waals surface area contributed by atoms with Gasteiger partial charge in [0, 0.05) is 30.5 Å². The van der Waals surface area contributed by atoms with Crippen LogP contribution in [0.25, 0.3) is 5.57 Å². The Morgan fingerprint density at radius 1 is 1.03 bits per heavy atom. The van der Waals surface area contributed by atoms with E-state index in [1.165, 1.54) is 29.2 Å². The van der Waals surface area contributed by atoms with Crippen molar-refractivity contribution in [1.29, 1.82) is 0 Å². The normalized spacial score (nSPS) is 14.0. The van der Waals surface area contributed by atoms with Gasteiger partial charge in [-0.2, -0.15) is 0 Å². The van der Waals surface area contributed by atoms with Gasteiger partial charge in [-0.1, -0.05) is 37.1 Å². The van der Waals surface area contributed by atoms with Gasteiger partial charge in [-0.15, -0.1) is 0 Å². The molecule has 0 saturated carbocycles. The second kappa shape index (κ2) is 10.6. The molecule has 1 aliphatic rings. The number of unbranched alkanes of at least 4 members (excludes halogenated alkanes) is 1. The molecule has 164 valence electrons. The van der Waals surface area contributed by atoms with Gasteiger partial charge in [-0.3, -0.25) is 14.5 Å². The number of aryl methyl sites for hydroxylation is 1. The summed E-state index contributed by atoms with van der Waals surface area (Å²) in [6.07, 6.45) is 2.57. The maximum absolute atomic E-state index is 13.4. The number of nitrogens with one attached hydrogen (secondary N) is 1. The fourth-order valence-electron chi connectivity index (χ4n) is 3.35. The summed E-state index contributed by atoms with van der Waals surface area (Å²) in [6, 6.07) is 10.8. The third kappa shape index (κ3) is 5.51. The molecule has 1 heterocycles. The molecule has 0 aromatic heterocycles. The maximum atomic E-state index is 13.4. The third-order valence-corrected chi connectivity index (χ3v) is 5.30. The van der Waals surface area contributed by atoms with Gasteiger partial charge in [0.1, 0.15) is 11.5 Å². The van der Waals surface area contributed by atoms with Gasteiger partial charge in [-0.05, 0) is 61.2 Å². The summed E-state index contributed by atoms with van der Waals surface area (Å²) in [7, 11) is 0. The zero-order valence-corrected chi connectivity index (χ0v) is 18.5. The summed E-state index contributed by atoms with van der Waals surface area (Å²) >= 11 is 6.03. The predicted octanol–water partition coefficient (Wildman–Crippen LogP) is 5.19. The first-order valence-corrected chi connectivity index (χ1v) is 10.8. The number of halogens is 2. The largest absolute Gasteiger partial charge is 0.381 e. The van der Waals surface area contributed by atoms with Crippen molar-refractivity contribution in [3.63, 3.8) is 0 Å². The minimum Gasteiger partial charge on any atom is -0.381 e. The first-order chi connectivity index (χ1) is 14.9. The third-order valence-electron chi connectivity index (χ3n) is 5.06.